The minimum atomic E-state index is -0.505. The molecule has 0 saturated carbocycles. The Labute approximate surface area is 160 Å². The van der Waals surface area contributed by atoms with Crippen molar-refractivity contribution in [3.63, 3.8) is 0 Å². The van der Waals surface area contributed by atoms with Crippen LogP contribution in [-0.4, -0.2) is 37.4 Å². The minimum absolute atomic E-state index is 0.0512. The highest BCUT2D eigenvalue weighted by Gasteiger charge is 2.18. The number of nitrogens with zero attached hydrogens (tertiary/aromatic N) is 3. The standard InChI is InChI=1S/C20H21N5O3/c1-24-17-16(18(27)23-20(24)28)25(19(22-17)21-10-5-11-26)12-14-8-4-7-13-6-2-3-9-15(13)14/h2-4,6-9,26H,5,10-12H2,1H3,(H,21,22)(H,23,27,28). The Kier molecular flexibility index (Phi) is 4.70. The summed E-state index contributed by atoms with van der Waals surface area (Å²) in [7, 11) is 1.58. The predicted octanol–water partition coefficient (Wildman–Crippen LogP) is 1.42. The van der Waals surface area contributed by atoms with Crippen LogP contribution in [-0.2, 0) is 13.6 Å². The highest BCUT2D eigenvalue weighted by Crippen LogP contribution is 2.23. The molecular weight excluding hydrogens is 358 g/mol. The summed E-state index contributed by atoms with van der Waals surface area (Å²) in [5, 5.41) is 14.4. The fourth-order valence-electron chi connectivity index (χ4n) is 3.40. The molecule has 0 amide bonds. The largest absolute Gasteiger partial charge is 0.396 e. The van der Waals surface area contributed by atoms with Crippen LogP contribution < -0.4 is 16.6 Å². The Bertz CT molecular complexity index is 1260. The smallest absolute Gasteiger partial charge is 0.329 e. The van der Waals surface area contributed by atoms with E-state index in [1.54, 1.807) is 11.6 Å². The van der Waals surface area contributed by atoms with Crippen LogP contribution in [0.4, 0.5) is 5.95 Å². The quantitative estimate of drug-likeness (QED) is 0.440. The summed E-state index contributed by atoms with van der Waals surface area (Å²) in [5.74, 6) is 0.489. The lowest BCUT2D eigenvalue weighted by molar-refractivity contribution is 0.292. The first-order chi connectivity index (χ1) is 13.6. The number of imidazole rings is 1. The van der Waals surface area contributed by atoms with Gasteiger partial charge >= 0.3 is 5.69 Å². The molecule has 0 atom stereocenters. The zero-order valence-electron chi connectivity index (χ0n) is 15.5. The average Bonchev–Trinajstić information content (AvgIpc) is 3.06. The molecule has 144 valence electrons. The van der Waals surface area contributed by atoms with Gasteiger partial charge in [0.2, 0.25) is 5.95 Å². The van der Waals surface area contributed by atoms with Gasteiger partial charge in [-0.3, -0.25) is 18.9 Å². The molecule has 0 saturated heterocycles. The molecule has 0 bridgehead atoms. The van der Waals surface area contributed by atoms with Crippen LogP contribution in [0.15, 0.2) is 52.1 Å². The van der Waals surface area contributed by atoms with E-state index in [9.17, 15) is 9.59 Å². The fraction of sp³-hybridized carbons (Fsp3) is 0.250. The van der Waals surface area contributed by atoms with Crippen molar-refractivity contribution in [2.45, 2.75) is 13.0 Å². The van der Waals surface area contributed by atoms with Crippen LogP contribution in [0.3, 0.4) is 0 Å². The number of nitrogens with one attached hydrogen (secondary N) is 2. The number of fused-ring (bicyclic) bond motifs is 2. The number of H-pyrrole nitrogens is 1. The molecule has 4 aromatic rings. The number of aryl methyl sites for hydroxylation is 1. The number of hydrogen-bond donors (Lipinski definition) is 3. The Morgan fingerprint density at radius 3 is 2.75 bits per heavy atom. The normalized spacial score (nSPS) is 11.4. The first-order valence-electron chi connectivity index (χ1n) is 9.11. The summed E-state index contributed by atoms with van der Waals surface area (Å²) in [6, 6.07) is 14.1. The number of anilines is 1. The lowest BCUT2D eigenvalue weighted by atomic mass is 10.0. The molecule has 4 rings (SSSR count). The van der Waals surface area contributed by atoms with Crippen molar-refractivity contribution < 1.29 is 5.11 Å². The molecule has 2 aromatic carbocycles. The first-order valence-corrected chi connectivity index (χ1v) is 9.11. The van der Waals surface area contributed by atoms with E-state index in [0.29, 0.717) is 36.6 Å². The number of aromatic nitrogens is 4. The molecule has 0 spiro atoms. The molecule has 3 N–H and O–H groups in total. The SMILES string of the molecule is Cn1c(=O)[nH]c(=O)c2c1nc(NCCCO)n2Cc1cccc2ccccc12. The van der Waals surface area contributed by atoms with Crippen molar-refractivity contribution in [3.8, 4) is 0 Å². The second-order valence-corrected chi connectivity index (χ2v) is 6.65. The molecule has 0 aliphatic rings. The van der Waals surface area contributed by atoms with Gasteiger partial charge in [-0.05, 0) is 22.8 Å². The Morgan fingerprint density at radius 1 is 1.14 bits per heavy atom. The fourth-order valence-corrected chi connectivity index (χ4v) is 3.40. The lowest BCUT2D eigenvalue weighted by Gasteiger charge is -2.12. The third kappa shape index (κ3) is 3.07. The summed E-state index contributed by atoms with van der Waals surface area (Å²) in [4.78, 5) is 31.4. The third-order valence-electron chi connectivity index (χ3n) is 4.83. The van der Waals surface area contributed by atoms with Crippen LogP contribution in [0.25, 0.3) is 21.9 Å². The number of aromatic amines is 1. The van der Waals surface area contributed by atoms with Crippen LogP contribution in [0.1, 0.15) is 12.0 Å². The molecular formula is C20H21N5O3. The monoisotopic (exact) mass is 379 g/mol. The second kappa shape index (κ2) is 7.32. The maximum atomic E-state index is 12.6. The van der Waals surface area contributed by atoms with Crippen LogP contribution in [0, 0.1) is 0 Å². The maximum Gasteiger partial charge on any atom is 0.329 e. The molecule has 2 heterocycles. The number of aliphatic hydroxyl groups is 1. The molecule has 0 unspecified atom stereocenters. The van der Waals surface area contributed by atoms with E-state index in [2.05, 4.69) is 15.3 Å². The van der Waals surface area contributed by atoms with E-state index >= 15 is 0 Å². The Balaban J connectivity index is 1.91. The molecule has 28 heavy (non-hydrogen) atoms. The van der Waals surface area contributed by atoms with E-state index in [0.717, 1.165) is 16.3 Å². The number of aliphatic hydroxyl groups excluding tert-OH is 1. The summed E-state index contributed by atoms with van der Waals surface area (Å²) >= 11 is 0. The summed E-state index contributed by atoms with van der Waals surface area (Å²) in [5.41, 5.74) is 0.716. The van der Waals surface area contributed by atoms with E-state index in [1.165, 1.54) is 4.57 Å². The molecule has 8 nitrogen and oxygen atoms in total. The van der Waals surface area contributed by atoms with E-state index in [4.69, 9.17) is 5.11 Å². The third-order valence-corrected chi connectivity index (χ3v) is 4.83. The van der Waals surface area contributed by atoms with Gasteiger partial charge in [0, 0.05) is 20.2 Å². The van der Waals surface area contributed by atoms with Gasteiger partial charge in [0.1, 0.15) is 0 Å². The van der Waals surface area contributed by atoms with Crippen molar-refractivity contribution in [1.82, 2.24) is 19.1 Å². The average molecular weight is 379 g/mol. The van der Waals surface area contributed by atoms with Gasteiger partial charge in [0.15, 0.2) is 11.2 Å². The number of hydrogen-bond acceptors (Lipinski definition) is 5. The molecule has 8 heteroatoms. The summed E-state index contributed by atoms with van der Waals surface area (Å²) < 4.78 is 3.11. The topological polar surface area (TPSA) is 105 Å². The molecule has 0 fully saturated rings. The van der Waals surface area contributed by atoms with E-state index < -0.39 is 11.2 Å². The van der Waals surface area contributed by atoms with Gasteiger partial charge in [-0.2, -0.15) is 4.98 Å². The van der Waals surface area contributed by atoms with Crippen molar-refractivity contribution >= 4 is 27.9 Å². The summed E-state index contributed by atoms with van der Waals surface area (Å²) in [6.07, 6.45) is 0.548. The van der Waals surface area contributed by atoms with Gasteiger partial charge in [-0.15, -0.1) is 0 Å². The highest BCUT2D eigenvalue weighted by atomic mass is 16.3. The molecule has 0 radical (unpaired) electrons. The van der Waals surface area contributed by atoms with Gasteiger partial charge < -0.3 is 10.4 Å². The van der Waals surface area contributed by atoms with Crippen LogP contribution in [0.5, 0.6) is 0 Å². The number of rotatable bonds is 6. The zero-order chi connectivity index (χ0) is 19.7. The zero-order valence-corrected chi connectivity index (χ0v) is 15.5. The molecule has 0 aliphatic carbocycles. The van der Waals surface area contributed by atoms with Crippen LogP contribution in [0.2, 0.25) is 0 Å². The highest BCUT2D eigenvalue weighted by molar-refractivity contribution is 5.86. The lowest BCUT2D eigenvalue weighted by Crippen LogP contribution is -2.29. The second-order valence-electron chi connectivity index (χ2n) is 6.65. The molecule has 2 aromatic heterocycles. The Morgan fingerprint density at radius 2 is 1.93 bits per heavy atom. The van der Waals surface area contributed by atoms with Crippen molar-refractivity contribution in [3.05, 3.63) is 68.9 Å². The van der Waals surface area contributed by atoms with Crippen molar-refractivity contribution in [2.24, 2.45) is 7.05 Å². The van der Waals surface area contributed by atoms with Crippen molar-refractivity contribution in [1.29, 1.82) is 0 Å². The van der Waals surface area contributed by atoms with Gasteiger partial charge in [-0.25, -0.2) is 4.79 Å². The Hall–Kier alpha value is -3.39. The maximum absolute atomic E-state index is 12.6. The van der Waals surface area contributed by atoms with Gasteiger partial charge in [-0.1, -0.05) is 42.5 Å². The van der Waals surface area contributed by atoms with Gasteiger partial charge in [0.05, 0.1) is 6.54 Å². The first kappa shape index (κ1) is 18.0. The summed E-state index contributed by atoms with van der Waals surface area (Å²) in [6.45, 7) is 0.970. The van der Waals surface area contributed by atoms with Gasteiger partial charge in [0.25, 0.3) is 5.56 Å². The number of benzene rings is 2. The van der Waals surface area contributed by atoms with Crippen molar-refractivity contribution in [2.75, 3.05) is 18.5 Å². The minimum Gasteiger partial charge on any atom is -0.396 e. The predicted molar refractivity (Wildman–Crippen MR) is 109 cm³/mol. The van der Waals surface area contributed by atoms with E-state index in [1.807, 2.05) is 42.5 Å². The molecule has 0 aliphatic heterocycles. The van der Waals surface area contributed by atoms with Crippen LogP contribution >= 0.6 is 0 Å². The van der Waals surface area contributed by atoms with E-state index in [-0.39, 0.29) is 6.61 Å².